The second kappa shape index (κ2) is 4.73. The minimum atomic E-state index is -0.327. The summed E-state index contributed by atoms with van der Waals surface area (Å²) >= 11 is 0. The molecule has 3 nitrogen and oxygen atoms in total. The Balaban J connectivity index is 2.18. The number of carbonyl (C=O) groups is 1. The van der Waals surface area contributed by atoms with Crippen LogP contribution in [0.1, 0.15) is 37.6 Å². The standard InChI is InChI=1S/C15H21NO2/c1-11(17)12-5-4-6-13(9-12)16-8-7-15(2,3)14(18)10-16/h4-6,9,14,18H,7-8,10H2,1-3H3. The number of β-amino-alcohol motifs (C(OH)–C–C–N with tert-alkyl or cyclic N) is 1. The predicted molar refractivity (Wildman–Crippen MR) is 73.1 cm³/mol. The minimum absolute atomic E-state index is 0.0192. The van der Waals surface area contributed by atoms with Gasteiger partial charge in [-0.2, -0.15) is 0 Å². The summed E-state index contributed by atoms with van der Waals surface area (Å²) in [7, 11) is 0. The molecule has 0 aromatic heterocycles. The maximum absolute atomic E-state index is 11.4. The molecule has 1 heterocycles. The van der Waals surface area contributed by atoms with Gasteiger partial charge in [0, 0.05) is 24.3 Å². The summed E-state index contributed by atoms with van der Waals surface area (Å²) in [6, 6.07) is 7.64. The second-order valence-corrected chi connectivity index (χ2v) is 5.81. The zero-order valence-electron chi connectivity index (χ0n) is 11.3. The zero-order chi connectivity index (χ0) is 13.3. The van der Waals surface area contributed by atoms with Gasteiger partial charge in [-0.05, 0) is 30.9 Å². The molecule has 0 aliphatic carbocycles. The van der Waals surface area contributed by atoms with Crippen LogP contribution in [0.3, 0.4) is 0 Å². The van der Waals surface area contributed by atoms with E-state index in [9.17, 15) is 9.90 Å². The Kier molecular flexibility index (Phi) is 3.44. The van der Waals surface area contributed by atoms with Gasteiger partial charge in [0.15, 0.2) is 5.78 Å². The van der Waals surface area contributed by atoms with E-state index in [4.69, 9.17) is 0 Å². The average Bonchev–Trinajstić information content (AvgIpc) is 2.33. The summed E-state index contributed by atoms with van der Waals surface area (Å²) in [5, 5.41) is 10.1. The van der Waals surface area contributed by atoms with Gasteiger partial charge in [0.05, 0.1) is 6.10 Å². The van der Waals surface area contributed by atoms with Gasteiger partial charge in [0.25, 0.3) is 0 Å². The van der Waals surface area contributed by atoms with Crippen LogP contribution in [0.4, 0.5) is 5.69 Å². The Morgan fingerprint density at radius 2 is 2.17 bits per heavy atom. The number of piperidine rings is 1. The fraction of sp³-hybridized carbons (Fsp3) is 0.533. The zero-order valence-corrected chi connectivity index (χ0v) is 11.3. The van der Waals surface area contributed by atoms with E-state index in [0.717, 1.165) is 24.2 Å². The Morgan fingerprint density at radius 1 is 1.44 bits per heavy atom. The number of anilines is 1. The van der Waals surface area contributed by atoms with Crippen molar-refractivity contribution in [2.24, 2.45) is 5.41 Å². The van der Waals surface area contributed by atoms with Crippen LogP contribution in [0.15, 0.2) is 24.3 Å². The number of aliphatic hydroxyl groups is 1. The smallest absolute Gasteiger partial charge is 0.159 e. The van der Waals surface area contributed by atoms with E-state index in [-0.39, 0.29) is 17.3 Å². The normalized spacial score (nSPS) is 22.9. The van der Waals surface area contributed by atoms with E-state index in [1.807, 2.05) is 24.3 Å². The monoisotopic (exact) mass is 247 g/mol. The molecule has 1 aromatic rings. The second-order valence-electron chi connectivity index (χ2n) is 5.81. The molecule has 1 atom stereocenters. The van der Waals surface area contributed by atoms with Crippen LogP contribution in [0, 0.1) is 5.41 Å². The predicted octanol–water partition coefficient (Wildman–Crippen LogP) is 2.49. The molecule has 0 radical (unpaired) electrons. The van der Waals surface area contributed by atoms with E-state index in [2.05, 4.69) is 18.7 Å². The van der Waals surface area contributed by atoms with Crippen LogP contribution in [0.2, 0.25) is 0 Å². The van der Waals surface area contributed by atoms with Crippen LogP contribution in [-0.2, 0) is 0 Å². The first kappa shape index (κ1) is 13.1. The summed E-state index contributed by atoms with van der Waals surface area (Å²) in [6.07, 6.45) is 0.630. The highest BCUT2D eigenvalue weighted by Gasteiger charge is 2.34. The first-order valence-electron chi connectivity index (χ1n) is 6.44. The van der Waals surface area contributed by atoms with Crippen molar-refractivity contribution in [1.82, 2.24) is 0 Å². The van der Waals surface area contributed by atoms with Crippen LogP contribution < -0.4 is 4.90 Å². The van der Waals surface area contributed by atoms with Crippen LogP contribution in [0.25, 0.3) is 0 Å². The number of aliphatic hydroxyl groups excluding tert-OH is 1. The number of hydrogen-bond acceptors (Lipinski definition) is 3. The number of carbonyl (C=O) groups excluding carboxylic acids is 1. The van der Waals surface area contributed by atoms with E-state index in [1.165, 1.54) is 0 Å². The molecule has 0 spiro atoms. The van der Waals surface area contributed by atoms with Gasteiger partial charge in [0.2, 0.25) is 0 Å². The molecule has 1 aliphatic rings. The van der Waals surface area contributed by atoms with Crippen molar-refractivity contribution in [2.75, 3.05) is 18.0 Å². The number of hydrogen-bond donors (Lipinski definition) is 1. The molecule has 1 N–H and O–H groups in total. The largest absolute Gasteiger partial charge is 0.391 e. The van der Waals surface area contributed by atoms with Crippen molar-refractivity contribution in [3.63, 3.8) is 0 Å². The third-order valence-corrected chi connectivity index (χ3v) is 3.94. The number of rotatable bonds is 2. The van der Waals surface area contributed by atoms with Crippen LogP contribution in [-0.4, -0.2) is 30.1 Å². The quantitative estimate of drug-likeness (QED) is 0.816. The molecule has 1 unspecified atom stereocenters. The first-order chi connectivity index (χ1) is 8.40. The summed E-state index contributed by atoms with van der Waals surface area (Å²) in [4.78, 5) is 13.5. The van der Waals surface area contributed by atoms with Crippen molar-refractivity contribution >= 4 is 11.5 Å². The lowest BCUT2D eigenvalue weighted by Gasteiger charge is -2.42. The topological polar surface area (TPSA) is 40.5 Å². The minimum Gasteiger partial charge on any atom is -0.391 e. The molecule has 3 heteroatoms. The van der Waals surface area contributed by atoms with E-state index in [1.54, 1.807) is 6.92 Å². The van der Waals surface area contributed by atoms with Gasteiger partial charge in [-0.25, -0.2) is 0 Å². The molecule has 1 fully saturated rings. The van der Waals surface area contributed by atoms with Crippen molar-refractivity contribution < 1.29 is 9.90 Å². The van der Waals surface area contributed by atoms with Gasteiger partial charge in [-0.1, -0.05) is 26.0 Å². The van der Waals surface area contributed by atoms with Crippen molar-refractivity contribution in [3.05, 3.63) is 29.8 Å². The lowest BCUT2D eigenvalue weighted by atomic mass is 9.80. The number of Topliss-reactive ketones (excluding diaryl/α,β-unsaturated/α-hetero) is 1. The highest BCUT2D eigenvalue weighted by atomic mass is 16.3. The molecule has 1 aromatic carbocycles. The number of benzene rings is 1. The summed E-state index contributed by atoms with van der Waals surface area (Å²) in [5.41, 5.74) is 1.73. The fourth-order valence-corrected chi connectivity index (χ4v) is 2.29. The third-order valence-electron chi connectivity index (χ3n) is 3.94. The molecule has 2 rings (SSSR count). The van der Waals surface area contributed by atoms with Gasteiger partial charge in [-0.15, -0.1) is 0 Å². The number of nitrogens with zero attached hydrogens (tertiary/aromatic N) is 1. The molecule has 0 saturated carbocycles. The summed E-state index contributed by atoms with van der Waals surface area (Å²) in [5.74, 6) is 0.0785. The SMILES string of the molecule is CC(=O)c1cccc(N2CCC(C)(C)C(O)C2)c1. The molecule has 18 heavy (non-hydrogen) atoms. The molecule has 1 aliphatic heterocycles. The van der Waals surface area contributed by atoms with Gasteiger partial charge < -0.3 is 10.0 Å². The van der Waals surface area contributed by atoms with E-state index >= 15 is 0 Å². The Morgan fingerprint density at radius 3 is 2.78 bits per heavy atom. The van der Waals surface area contributed by atoms with Crippen molar-refractivity contribution in [2.45, 2.75) is 33.3 Å². The molecule has 0 amide bonds. The van der Waals surface area contributed by atoms with Gasteiger partial charge >= 0.3 is 0 Å². The lowest BCUT2D eigenvalue weighted by Crippen LogP contribution is -2.48. The molecular formula is C15H21NO2. The molecular weight excluding hydrogens is 226 g/mol. The third kappa shape index (κ3) is 2.56. The Bertz CT molecular complexity index is 454. The van der Waals surface area contributed by atoms with Crippen LogP contribution in [0.5, 0.6) is 0 Å². The van der Waals surface area contributed by atoms with E-state index in [0.29, 0.717) is 6.54 Å². The Labute approximate surface area is 108 Å². The van der Waals surface area contributed by atoms with E-state index < -0.39 is 0 Å². The maximum Gasteiger partial charge on any atom is 0.159 e. The fourth-order valence-electron chi connectivity index (χ4n) is 2.29. The number of ketones is 1. The van der Waals surface area contributed by atoms with Crippen LogP contribution >= 0.6 is 0 Å². The highest BCUT2D eigenvalue weighted by molar-refractivity contribution is 5.94. The summed E-state index contributed by atoms with van der Waals surface area (Å²) < 4.78 is 0. The average molecular weight is 247 g/mol. The van der Waals surface area contributed by atoms with Crippen molar-refractivity contribution in [1.29, 1.82) is 0 Å². The first-order valence-corrected chi connectivity index (χ1v) is 6.44. The van der Waals surface area contributed by atoms with Gasteiger partial charge in [-0.3, -0.25) is 4.79 Å². The van der Waals surface area contributed by atoms with Gasteiger partial charge in [0.1, 0.15) is 0 Å². The Hall–Kier alpha value is -1.35. The molecule has 1 saturated heterocycles. The van der Waals surface area contributed by atoms with Crippen molar-refractivity contribution in [3.8, 4) is 0 Å². The maximum atomic E-state index is 11.4. The molecule has 98 valence electrons. The highest BCUT2D eigenvalue weighted by Crippen LogP contribution is 2.32. The molecule has 0 bridgehead atoms. The summed E-state index contributed by atoms with van der Waals surface area (Å²) in [6.45, 7) is 7.33. The lowest BCUT2D eigenvalue weighted by molar-refractivity contribution is 0.0351.